The second kappa shape index (κ2) is 6.45. The molecule has 1 aliphatic heterocycles. The highest BCUT2D eigenvalue weighted by Gasteiger charge is 2.30. The SMILES string of the molecule is COC(=O)Cc1ccc(N(C)C2COC(C)(C)OC2)cc1. The maximum Gasteiger partial charge on any atom is 0.309 e. The van der Waals surface area contributed by atoms with E-state index in [2.05, 4.69) is 9.64 Å². The van der Waals surface area contributed by atoms with E-state index in [4.69, 9.17) is 9.47 Å². The van der Waals surface area contributed by atoms with Gasteiger partial charge in [0.25, 0.3) is 0 Å². The van der Waals surface area contributed by atoms with Crippen LogP contribution in [0.25, 0.3) is 0 Å². The van der Waals surface area contributed by atoms with Crippen LogP contribution in [0.4, 0.5) is 5.69 Å². The van der Waals surface area contributed by atoms with E-state index in [1.807, 2.05) is 45.2 Å². The van der Waals surface area contributed by atoms with Crippen molar-refractivity contribution in [2.24, 2.45) is 0 Å². The molecule has 5 heteroatoms. The van der Waals surface area contributed by atoms with Crippen LogP contribution in [0.5, 0.6) is 0 Å². The fourth-order valence-corrected chi connectivity index (χ4v) is 2.21. The summed E-state index contributed by atoms with van der Waals surface area (Å²) in [5, 5.41) is 0. The monoisotopic (exact) mass is 293 g/mol. The number of anilines is 1. The predicted molar refractivity (Wildman–Crippen MR) is 80.3 cm³/mol. The molecule has 0 spiro atoms. The van der Waals surface area contributed by atoms with Crippen LogP contribution in [-0.4, -0.2) is 45.2 Å². The highest BCUT2D eigenvalue weighted by atomic mass is 16.7. The second-order valence-electron chi connectivity index (χ2n) is 5.71. The third kappa shape index (κ3) is 4.19. The summed E-state index contributed by atoms with van der Waals surface area (Å²) in [4.78, 5) is 13.4. The van der Waals surface area contributed by atoms with Gasteiger partial charge in [0.05, 0.1) is 32.8 Å². The molecule has 0 N–H and O–H groups in total. The van der Waals surface area contributed by atoms with Crippen LogP contribution in [0.2, 0.25) is 0 Å². The average Bonchev–Trinajstić information content (AvgIpc) is 2.47. The van der Waals surface area contributed by atoms with Crippen molar-refractivity contribution in [2.45, 2.75) is 32.1 Å². The Morgan fingerprint density at radius 2 is 1.86 bits per heavy atom. The number of methoxy groups -OCH3 is 1. The molecule has 1 aromatic carbocycles. The normalized spacial score (nSPS) is 18.3. The Morgan fingerprint density at radius 3 is 2.38 bits per heavy atom. The van der Waals surface area contributed by atoms with Gasteiger partial charge in [-0.05, 0) is 31.5 Å². The number of esters is 1. The van der Waals surface area contributed by atoms with E-state index >= 15 is 0 Å². The Hall–Kier alpha value is -1.59. The molecule has 0 unspecified atom stereocenters. The van der Waals surface area contributed by atoms with E-state index in [1.165, 1.54) is 7.11 Å². The first-order valence-electron chi connectivity index (χ1n) is 7.08. The van der Waals surface area contributed by atoms with Gasteiger partial charge < -0.3 is 19.1 Å². The van der Waals surface area contributed by atoms with Gasteiger partial charge in [-0.1, -0.05) is 12.1 Å². The number of ether oxygens (including phenoxy) is 3. The van der Waals surface area contributed by atoms with Crippen molar-refractivity contribution in [2.75, 3.05) is 32.3 Å². The Bertz CT molecular complexity index is 474. The molecule has 0 atom stereocenters. The highest BCUT2D eigenvalue weighted by Crippen LogP contribution is 2.23. The van der Waals surface area contributed by atoms with Gasteiger partial charge in [0.2, 0.25) is 0 Å². The van der Waals surface area contributed by atoms with Crippen molar-refractivity contribution >= 4 is 11.7 Å². The molecule has 0 aliphatic carbocycles. The Kier molecular flexibility index (Phi) is 4.85. The smallest absolute Gasteiger partial charge is 0.309 e. The molecule has 1 fully saturated rings. The first kappa shape index (κ1) is 15.8. The quantitative estimate of drug-likeness (QED) is 0.795. The van der Waals surface area contributed by atoms with Crippen molar-refractivity contribution < 1.29 is 19.0 Å². The number of rotatable bonds is 4. The molecule has 1 heterocycles. The molecule has 1 aliphatic rings. The second-order valence-corrected chi connectivity index (χ2v) is 5.71. The predicted octanol–water partition coefficient (Wildman–Crippen LogP) is 1.99. The van der Waals surface area contributed by atoms with Crippen LogP contribution in [0.1, 0.15) is 19.4 Å². The van der Waals surface area contributed by atoms with Crippen molar-refractivity contribution in [3.8, 4) is 0 Å². The van der Waals surface area contributed by atoms with Gasteiger partial charge in [-0.3, -0.25) is 4.79 Å². The topological polar surface area (TPSA) is 48.0 Å². The molecule has 0 bridgehead atoms. The highest BCUT2D eigenvalue weighted by molar-refractivity contribution is 5.72. The van der Waals surface area contributed by atoms with Gasteiger partial charge in [0.1, 0.15) is 0 Å². The Labute approximate surface area is 125 Å². The molecule has 116 valence electrons. The molecule has 1 aromatic rings. The van der Waals surface area contributed by atoms with E-state index in [1.54, 1.807) is 0 Å². The lowest BCUT2D eigenvalue weighted by Gasteiger charge is -2.39. The lowest BCUT2D eigenvalue weighted by Crippen LogP contribution is -2.49. The minimum Gasteiger partial charge on any atom is -0.469 e. The number of carbonyl (C=O) groups excluding carboxylic acids is 1. The van der Waals surface area contributed by atoms with E-state index in [0.717, 1.165) is 11.3 Å². The molecule has 21 heavy (non-hydrogen) atoms. The maximum absolute atomic E-state index is 11.2. The molecule has 0 saturated carbocycles. The van der Waals surface area contributed by atoms with Crippen LogP contribution >= 0.6 is 0 Å². The number of carbonyl (C=O) groups is 1. The van der Waals surface area contributed by atoms with Gasteiger partial charge in [0.15, 0.2) is 5.79 Å². The lowest BCUT2D eigenvalue weighted by atomic mass is 10.1. The van der Waals surface area contributed by atoms with Crippen molar-refractivity contribution in [3.63, 3.8) is 0 Å². The van der Waals surface area contributed by atoms with Gasteiger partial charge in [0, 0.05) is 12.7 Å². The minimum absolute atomic E-state index is 0.185. The molecule has 0 aromatic heterocycles. The summed E-state index contributed by atoms with van der Waals surface area (Å²) in [6.07, 6.45) is 0.296. The van der Waals surface area contributed by atoms with Gasteiger partial charge >= 0.3 is 5.97 Å². The number of benzene rings is 1. The van der Waals surface area contributed by atoms with E-state index in [9.17, 15) is 4.79 Å². The summed E-state index contributed by atoms with van der Waals surface area (Å²) >= 11 is 0. The first-order chi connectivity index (χ1) is 9.91. The standard InChI is InChI=1S/C16H23NO4/c1-16(2)20-10-14(11-21-16)17(3)13-7-5-12(6-8-13)9-15(18)19-4/h5-8,14H,9-11H2,1-4H3. The van der Waals surface area contributed by atoms with Crippen LogP contribution in [0.15, 0.2) is 24.3 Å². The van der Waals surface area contributed by atoms with Crippen LogP contribution < -0.4 is 4.90 Å². The van der Waals surface area contributed by atoms with Crippen LogP contribution in [0, 0.1) is 0 Å². The summed E-state index contributed by atoms with van der Waals surface area (Å²) in [6, 6.07) is 8.06. The molecular formula is C16H23NO4. The number of hydrogen-bond acceptors (Lipinski definition) is 5. The van der Waals surface area contributed by atoms with E-state index in [0.29, 0.717) is 19.6 Å². The zero-order chi connectivity index (χ0) is 15.5. The van der Waals surface area contributed by atoms with Gasteiger partial charge in [-0.2, -0.15) is 0 Å². The lowest BCUT2D eigenvalue weighted by molar-refractivity contribution is -0.249. The molecule has 1 saturated heterocycles. The molecule has 0 amide bonds. The van der Waals surface area contributed by atoms with Crippen molar-refractivity contribution in [1.82, 2.24) is 0 Å². The number of likely N-dealkylation sites (N-methyl/N-ethyl adjacent to an activating group) is 1. The summed E-state index contributed by atoms with van der Waals surface area (Å²) < 4.78 is 16.0. The Morgan fingerprint density at radius 1 is 1.29 bits per heavy atom. The number of hydrogen-bond donors (Lipinski definition) is 0. The molecule has 5 nitrogen and oxygen atoms in total. The summed E-state index contributed by atoms with van der Waals surface area (Å²) in [6.45, 7) is 5.11. The molecule has 0 radical (unpaired) electrons. The molecular weight excluding hydrogens is 270 g/mol. The summed E-state index contributed by atoms with van der Waals surface area (Å²) in [5.74, 6) is -0.728. The van der Waals surface area contributed by atoms with E-state index < -0.39 is 5.79 Å². The van der Waals surface area contributed by atoms with Gasteiger partial charge in [-0.25, -0.2) is 0 Å². The summed E-state index contributed by atoms with van der Waals surface area (Å²) in [5.41, 5.74) is 2.01. The zero-order valence-electron chi connectivity index (χ0n) is 13.1. The largest absolute Gasteiger partial charge is 0.469 e. The maximum atomic E-state index is 11.2. The van der Waals surface area contributed by atoms with Crippen molar-refractivity contribution in [3.05, 3.63) is 29.8 Å². The van der Waals surface area contributed by atoms with Crippen LogP contribution in [0.3, 0.4) is 0 Å². The first-order valence-corrected chi connectivity index (χ1v) is 7.08. The third-order valence-electron chi connectivity index (χ3n) is 3.71. The zero-order valence-corrected chi connectivity index (χ0v) is 13.1. The van der Waals surface area contributed by atoms with Crippen molar-refractivity contribution in [1.29, 1.82) is 0 Å². The Balaban J connectivity index is 1.97. The summed E-state index contributed by atoms with van der Waals surface area (Å²) in [7, 11) is 3.42. The fourth-order valence-electron chi connectivity index (χ4n) is 2.21. The number of nitrogens with zero attached hydrogens (tertiary/aromatic N) is 1. The van der Waals surface area contributed by atoms with Gasteiger partial charge in [-0.15, -0.1) is 0 Å². The van der Waals surface area contributed by atoms with E-state index in [-0.39, 0.29) is 12.0 Å². The minimum atomic E-state index is -0.498. The fraction of sp³-hybridized carbons (Fsp3) is 0.562. The van der Waals surface area contributed by atoms with Crippen LogP contribution in [-0.2, 0) is 25.4 Å². The average molecular weight is 293 g/mol. The molecule has 2 rings (SSSR count). The third-order valence-corrected chi connectivity index (χ3v) is 3.71.